The smallest absolute Gasteiger partial charge is 0.127 e. The zero-order valence-electron chi connectivity index (χ0n) is 10.8. The summed E-state index contributed by atoms with van der Waals surface area (Å²) in [6.07, 6.45) is 3.36. The van der Waals surface area contributed by atoms with E-state index in [9.17, 15) is 0 Å². The third-order valence-corrected chi connectivity index (χ3v) is 3.59. The van der Waals surface area contributed by atoms with Gasteiger partial charge in [0.1, 0.15) is 11.6 Å². The lowest BCUT2D eigenvalue weighted by atomic mass is 10.1. The molecule has 0 unspecified atom stereocenters. The van der Waals surface area contributed by atoms with Crippen LogP contribution in [0.4, 0.5) is 5.82 Å². The Morgan fingerprint density at radius 2 is 2.00 bits per heavy atom. The summed E-state index contributed by atoms with van der Waals surface area (Å²) in [5.41, 5.74) is 8.53. The zero-order valence-corrected chi connectivity index (χ0v) is 10.8. The van der Waals surface area contributed by atoms with Crippen molar-refractivity contribution in [1.29, 1.82) is 0 Å². The summed E-state index contributed by atoms with van der Waals surface area (Å²) >= 11 is 0. The van der Waals surface area contributed by atoms with Gasteiger partial charge in [-0.25, -0.2) is 4.98 Å². The molecular formula is C15H19N3. The van der Waals surface area contributed by atoms with Gasteiger partial charge in [0.05, 0.1) is 5.69 Å². The quantitative estimate of drug-likeness (QED) is 0.894. The molecule has 2 aromatic rings. The van der Waals surface area contributed by atoms with Crippen LogP contribution in [0.25, 0.3) is 0 Å². The maximum absolute atomic E-state index is 6.23. The molecule has 2 N–H and O–H groups in total. The molecule has 0 aliphatic heterocycles. The normalized spacial score (nSPS) is 14.9. The minimum Gasteiger partial charge on any atom is -0.384 e. The third-order valence-electron chi connectivity index (χ3n) is 3.59. The number of hydrogen-bond acceptors (Lipinski definition) is 2. The molecule has 0 spiro atoms. The lowest BCUT2D eigenvalue weighted by molar-refractivity contribution is 0.708. The molecular weight excluding hydrogens is 222 g/mol. The molecule has 1 aliphatic carbocycles. The van der Waals surface area contributed by atoms with E-state index in [1.807, 2.05) is 6.07 Å². The van der Waals surface area contributed by atoms with Crippen LogP contribution < -0.4 is 5.73 Å². The Morgan fingerprint density at radius 1 is 1.28 bits per heavy atom. The van der Waals surface area contributed by atoms with Crippen molar-refractivity contribution in [2.75, 3.05) is 5.73 Å². The molecule has 1 aliphatic rings. The molecule has 3 heteroatoms. The molecule has 0 saturated heterocycles. The Labute approximate surface area is 108 Å². The Hall–Kier alpha value is -1.77. The largest absolute Gasteiger partial charge is 0.384 e. The van der Waals surface area contributed by atoms with E-state index in [-0.39, 0.29) is 0 Å². The minimum atomic E-state index is 0.650. The highest BCUT2D eigenvalue weighted by Gasteiger charge is 2.30. The van der Waals surface area contributed by atoms with Crippen LogP contribution in [0.15, 0.2) is 30.3 Å². The Balaban J connectivity index is 1.92. The fourth-order valence-electron chi connectivity index (χ4n) is 2.44. The zero-order chi connectivity index (χ0) is 12.5. The minimum absolute atomic E-state index is 0.650. The highest BCUT2D eigenvalue weighted by molar-refractivity contribution is 5.42. The van der Waals surface area contributed by atoms with Crippen LogP contribution in [-0.4, -0.2) is 9.55 Å². The fraction of sp³-hybridized carbons (Fsp3) is 0.400. The fourth-order valence-corrected chi connectivity index (χ4v) is 2.44. The van der Waals surface area contributed by atoms with E-state index < -0.39 is 0 Å². The van der Waals surface area contributed by atoms with Gasteiger partial charge < -0.3 is 10.3 Å². The number of imidazole rings is 1. The van der Waals surface area contributed by atoms with Crippen LogP contribution in [0.5, 0.6) is 0 Å². The van der Waals surface area contributed by atoms with Gasteiger partial charge in [-0.2, -0.15) is 0 Å². The lowest BCUT2D eigenvalue weighted by Crippen LogP contribution is -2.05. The highest BCUT2D eigenvalue weighted by Crippen LogP contribution is 2.40. The van der Waals surface area contributed by atoms with Crippen molar-refractivity contribution in [3.63, 3.8) is 0 Å². The third kappa shape index (κ3) is 2.01. The first-order chi connectivity index (χ1) is 8.79. The number of nitrogen functional groups attached to an aromatic ring is 1. The molecule has 0 radical (unpaired) electrons. The van der Waals surface area contributed by atoms with Gasteiger partial charge in [-0.15, -0.1) is 0 Å². The van der Waals surface area contributed by atoms with E-state index in [4.69, 9.17) is 10.7 Å². The van der Waals surface area contributed by atoms with E-state index in [0.29, 0.717) is 5.92 Å². The van der Waals surface area contributed by atoms with Crippen LogP contribution in [0.3, 0.4) is 0 Å². The van der Waals surface area contributed by atoms with Crippen molar-refractivity contribution in [3.8, 4) is 0 Å². The van der Waals surface area contributed by atoms with Crippen LogP contribution in [-0.2, 0) is 13.0 Å². The molecule has 0 bridgehead atoms. The van der Waals surface area contributed by atoms with Crippen LogP contribution >= 0.6 is 0 Å². The predicted octanol–water partition coefficient (Wildman–Crippen LogP) is 2.95. The SMILES string of the molecule is CCn1c(C2CC2)nc(Cc2ccccc2)c1N. The monoisotopic (exact) mass is 241 g/mol. The van der Waals surface area contributed by atoms with Gasteiger partial charge in [0.15, 0.2) is 0 Å². The van der Waals surface area contributed by atoms with Crippen molar-refractivity contribution in [2.45, 2.75) is 38.6 Å². The molecule has 1 aromatic carbocycles. The first-order valence-electron chi connectivity index (χ1n) is 6.68. The maximum Gasteiger partial charge on any atom is 0.127 e. The van der Waals surface area contributed by atoms with Gasteiger partial charge in [-0.3, -0.25) is 0 Å². The van der Waals surface area contributed by atoms with Crippen molar-refractivity contribution >= 4 is 5.82 Å². The molecule has 18 heavy (non-hydrogen) atoms. The Kier molecular flexibility index (Phi) is 2.82. The van der Waals surface area contributed by atoms with Crippen molar-refractivity contribution in [2.24, 2.45) is 0 Å². The second kappa shape index (κ2) is 4.48. The maximum atomic E-state index is 6.23. The first kappa shape index (κ1) is 11.3. The van der Waals surface area contributed by atoms with Crippen LogP contribution in [0.2, 0.25) is 0 Å². The van der Waals surface area contributed by atoms with E-state index in [1.54, 1.807) is 0 Å². The lowest BCUT2D eigenvalue weighted by Gasteiger charge is -2.05. The van der Waals surface area contributed by atoms with Gasteiger partial charge in [-0.1, -0.05) is 30.3 Å². The molecule has 0 amide bonds. The summed E-state index contributed by atoms with van der Waals surface area (Å²) in [7, 11) is 0. The molecule has 3 rings (SSSR count). The number of anilines is 1. The Bertz CT molecular complexity index is 538. The summed E-state index contributed by atoms with van der Waals surface area (Å²) < 4.78 is 2.18. The Morgan fingerprint density at radius 3 is 2.61 bits per heavy atom. The second-order valence-electron chi connectivity index (χ2n) is 4.98. The summed E-state index contributed by atoms with van der Waals surface area (Å²) in [4.78, 5) is 4.78. The molecule has 1 heterocycles. The number of benzene rings is 1. The second-order valence-corrected chi connectivity index (χ2v) is 4.98. The van der Waals surface area contributed by atoms with Crippen molar-refractivity contribution in [1.82, 2.24) is 9.55 Å². The summed E-state index contributed by atoms with van der Waals surface area (Å²) in [6.45, 7) is 3.05. The van der Waals surface area contributed by atoms with Crippen LogP contribution in [0, 0.1) is 0 Å². The number of nitrogens with zero attached hydrogens (tertiary/aromatic N) is 2. The van der Waals surface area contributed by atoms with Crippen molar-refractivity contribution < 1.29 is 0 Å². The van der Waals surface area contributed by atoms with E-state index >= 15 is 0 Å². The number of rotatable bonds is 4. The molecule has 3 nitrogen and oxygen atoms in total. The van der Waals surface area contributed by atoms with E-state index in [1.165, 1.54) is 24.2 Å². The van der Waals surface area contributed by atoms with Crippen molar-refractivity contribution in [3.05, 3.63) is 47.4 Å². The van der Waals surface area contributed by atoms with Gasteiger partial charge >= 0.3 is 0 Å². The molecule has 1 fully saturated rings. The number of aromatic nitrogens is 2. The summed E-state index contributed by atoms with van der Waals surface area (Å²) in [6, 6.07) is 10.4. The standard InChI is InChI=1S/C15H19N3/c1-2-18-14(16)13(17-15(18)12-8-9-12)10-11-6-4-3-5-7-11/h3-7,12H,2,8-10,16H2,1H3. The van der Waals surface area contributed by atoms with Gasteiger partial charge in [-0.05, 0) is 25.3 Å². The van der Waals surface area contributed by atoms with Crippen LogP contribution in [0.1, 0.15) is 42.8 Å². The summed E-state index contributed by atoms with van der Waals surface area (Å²) in [5.74, 6) is 2.70. The first-order valence-corrected chi connectivity index (χ1v) is 6.68. The van der Waals surface area contributed by atoms with Gasteiger partial charge in [0, 0.05) is 18.9 Å². The van der Waals surface area contributed by atoms with E-state index in [0.717, 1.165) is 24.5 Å². The topological polar surface area (TPSA) is 43.8 Å². The molecule has 1 saturated carbocycles. The van der Waals surface area contributed by atoms with E-state index in [2.05, 4.69) is 35.8 Å². The predicted molar refractivity (Wildman–Crippen MR) is 73.5 cm³/mol. The highest BCUT2D eigenvalue weighted by atomic mass is 15.1. The molecule has 94 valence electrons. The molecule has 1 aromatic heterocycles. The summed E-state index contributed by atoms with van der Waals surface area (Å²) in [5, 5.41) is 0. The number of hydrogen-bond donors (Lipinski definition) is 1. The van der Waals surface area contributed by atoms with Gasteiger partial charge in [0.2, 0.25) is 0 Å². The average Bonchev–Trinajstić information content (AvgIpc) is 3.18. The number of nitrogens with two attached hydrogens (primary N) is 1. The van der Waals surface area contributed by atoms with Gasteiger partial charge in [0.25, 0.3) is 0 Å². The average molecular weight is 241 g/mol. The molecule has 0 atom stereocenters.